The highest BCUT2D eigenvalue weighted by Gasteiger charge is 2.57. The van der Waals surface area contributed by atoms with E-state index in [9.17, 15) is 5.11 Å². The van der Waals surface area contributed by atoms with Gasteiger partial charge in [0.25, 0.3) is 0 Å². The van der Waals surface area contributed by atoms with Crippen molar-refractivity contribution < 1.29 is 14.6 Å². The van der Waals surface area contributed by atoms with Crippen LogP contribution >= 0.6 is 0 Å². The predicted octanol–water partition coefficient (Wildman–Crippen LogP) is 2.55. The average Bonchev–Trinajstić information content (AvgIpc) is 2.65. The first-order chi connectivity index (χ1) is 7.80. The first kappa shape index (κ1) is 13.5. The van der Waals surface area contributed by atoms with E-state index in [0.717, 1.165) is 19.3 Å². The van der Waals surface area contributed by atoms with E-state index in [1.54, 1.807) is 0 Å². The van der Waals surface area contributed by atoms with Crippen LogP contribution in [-0.4, -0.2) is 37.4 Å². The van der Waals surface area contributed by atoms with E-state index in [0.29, 0.717) is 13.2 Å². The predicted molar refractivity (Wildman–Crippen MR) is 70.6 cm³/mol. The highest BCUT2D eigenvalue weighted by Crippen LogP contribution is 2.48. The Balaban J connectivity index is 2.28. The lowest BCUT2D eigenvalue weighted by atomic mass is 9.79. The zero-order valence-corrected chi connectivity index (χ0v) is 12.6. The summed E-state index contributed by atoms with van der Waals surface area (Å²) in [5.41, 5.74) is 0. The third-order valence-electron chi connectivity index (χ3n) is 4.77. The molecule has 1 saturated heterocycles. The van der Waals surface area contributed by atoms with Gasteiger partial charge >= 0.3 is 0 Å². The van der Waals surface area contributed by atoms with Crippen LogP contribution in [0.1, 0.15) is 32.6 Å². The van der Waals surface area contributed by atoms with Crippen LogP contribution in [-0.2, 0) is 9.47 Å². The molecule has 100 valence electrons. The van der Waals surface area contributed by atoms with Gasteiger partial charge in [-0.3, -0.25) is 0 Å². The second kappa shape index (κ2) is 4.33. The molecular formula is C13H26O3Si. The molecule has 1 aliphatic carbocycles. The Bertz CT molecular complexity index is 275. The summed E-state index contributed by atoms with van der Waals surface area (Å²) in [6, 6.07) is 0. The number of ether oxygens (including phenoxy) is 2. The molecule has 1 aliphatic heterocycles. The van der Waals surface area contributed by atoms with Crippen molar-refractivity contribution in [2.75, 3.05) is 13.2 Å². The normalized spacial score (nSPS) is 32.6. The fraction of sp³-hybridized carbons (Fsp3) is 1.00. The molecule has 0 bridgehead atoms. The fourth-order valence-electron chi connectivity index (χ4n) is 3.16. The van der Waals surface area contributed by atoms with E-state index >= 15 is 0 Å². The second-order valence-electron chi connectivity index (χ2n) is 6.70. The van der Waals surface area contributed by atoms with Gasteiger partial charge in [-0.05, 0) is 19.8 Å². The van der Waals surface area contributed by atoms with Gasteiger partial charge in [-0.1, -0.05) is 26.1 Å². The minimum absolute atomic E-state index is 0.137. The SMILES string of the molecule is C[C@](O)([C@H]1CCCCC12OCCO2)[Si](C)(C)C. The quantitative estimate of drug-likeness (QED) is 0.774. The Morgan fingerprint density at radius 2 is 1.76 bits per heavy atom. The molecule has 0 radical (unpaired) electrons. The summed E-state index contributed by atoms with van der Waals surface area (Å²) in [6.45, 7) is 10.0. The van der Waals surface area contributed by atoms with Crippen molar-refractivity contribution in [1.29, 1.82) is 0 Å². The molecule has 2 atom stereocenters. The van der Waals surface area contributed by atoms with Gasteiger partial charge in [0.05, 0.1) is 26.5 Å². The van der Waals surface area contributed by atoms with Crippen LogP contribution in [0.25, 0.3) is 0 Å². The summed E-state index contributed by atoms with van der Waals surface area (Å²) in [4.78, 5) is 0. The molecule has 1 heterocycles. The third kappa shape index (κ3) is 2.20. The highest BCUT2D eigenvalue weighted by atomic mass is 28.3. The Morgan fingerprint density at radius 3 is 2.29 bits per heavy atom. The zero-order valence-electron chi connectivity index (χ0n) is 11.6. The van der Waals surface area contributed by atoms with Gasteiger partial charge in [0.2, 0.25) is 0 Å². The van der Waals surface area contributed by atoms with Gasteiger partial charge < -0.3 is 14.6 Å². The monoisotopic (exact) mass is 258 g/mol. The van der Waals surface area contributed by atoms with Crippen molar-refractivity contribution in [2.45, 2.75) is 63.3 Å². The molecule has 1 spiro atoms. The molecule has 0 amide bonds. The van der Waals surface area contributed by atoms with Crippen molar-refractivity contribution in [1.82, 2.24) is 0 Å². The van der Waals surface area contributed by atoms with Gasteiger partial charge in [0.1, 0.15) is 0 Å². The molecule has 4 heteroatoms. The van der Waals surface area contributed by atoms with Crippen LogP contribution in [0, 0.1) is 5.92 Å². The Morgan fingerprint density at radius 1 is 1.18 bits per heavy atom. The molecule has 1 saturated carbocycles. The molecule has 0 aromatic rings. The smallest absolute Gasteiger partial charge is 0.173 e. The van der Waals surface area contributed by atoms with Gasteiger partial charge in [-0.25, -0.2) is 0 Å². The van der Waals surface area contributed by atoms with E-state index < -0.39 is 19.1 Å². The number of aliphatic hydroxyl groups is 1. The van der Waals surface area contributed by atoms with E-state index in [4.69, 9.17) is 9.47 Å². The maximum atomic E-state index is 11.0. The molecule has 0 unspecified atom stereocenters. The Hall–Kier alpha value is 0.0969. The maximum Gasteiger partial charge on any atom is 0.173 e. The summed E-state index contributed by atoms with van der Waals surface area (Å²) in [5.74, 6) is -0.347. The average molecular weight is 258 g/mol. The van der Waals surface area contributed by atoms with E-state index in [1.165, 1.54) is 6.42 Å². The number of rotatable bonds is 2. The van der Waals surface area contributed by atoms with Crippen LogP contribution in [0.2, 0.25) is 19.6 Å². The summed E-state index contributed by atoms with van der Waals surface area (Å²) in [7, 11) is -1.67. The third-order valence-corrected chi connectivity index (χ3v) is 8.16. The molecule has 2 fully saturated rings. The Kier molecular flexibility index (Phi) is 3.45. The minimum Gasteiger partial charge on any atom is -0.393 e. The maximum absolute atomic E-state index is 11.0. The van der Waals surface area contributed by atoms with E-state index in [1.807, 2.05) is 6.92 Å². The molecule has 0 aromatic carbocycles. The van der Waals surface area contributed by atoms with Gasteiger partial charge in [0.15, 0.2) is 5.79 Å². The Labute approximate surface area is 106 Å². The van der Waals surface area contributed by atoms with E-state index in [2.05, 4.69) is 19.6 Å². The van der Waals surface area contributed by atoms with Crippen LogP contribution in [0.15, 0.2) is 0 Å². The van der Waals surface area contributed by atoms with E-state index in [-0.39, 0.29) is 5.92 Å². The lowest BCUT2D eigenvalue weighted by molar-refractivity contribution is -0.239. The van der Waals surface area contributed by atoms with Crippen LogP contribution in [0.3, 0.4) is 0 Å². The highest BCUT2D eigenvalue weighted by molar-refractivity contribution is 6.78. The lowest BCUT2D eigenvalue weighted by Crippen LogP contribution is -2.63. The fourth-order valence-corrected chi connectivity index (χ4v) is 4.57. The van der Waals surface area contributed by atoms with Crippen LogP contribution in [0.5, 0.6) is 0 Å². The largest absolute Gasteiger partial charge is 0.393 e. The number of hydrogen-bond acceptors (Lipinski definition) is 3. The van der Waals surface area contributed by atoms with Crippen molar-refractivity contribution in [2.24, 2.45) is 5.92 Å². The molecule has 1 N–H and O–H groups in total. The van der Waals surface area contributed by atoms with Crippen molar-refractivity contribution >= 4 is 8.07 Å². The minimum atomic E-state index is -1.67. The summed E-state index contributed by atoms with van der Waals surface area (Å²) in [6.07, 6.45) is 4.30. The van der Waals surface area contributed by atoms with Crippen molar-refractivity contribution in [3.8, 4) is 0 Å². The van der Waals surface area contributed by atoms with Crippen LogP contribution in [0.4, 0.5) is 0 Å². The van der Waals surface area contributed by atoms with Gasteiger partial charge in [0, 0.05) is 12.3 Å². The van der Waals surface area contributed by atoms with Crippen molar-refractivity contribution in [3.63, 3.8) is 0 Å². The molecule has 17 heavy (non-hydrogen) atoms. The summed E-state index contributed by atoms with van der Waals surface area (Å²) < 4.78 is 11.8. The molecule has 2 rings (SSSR count). The molecular weight excluding hydrogens is 232 g/mol. The second-order valence-corrected chi connectivity index (χ2v) is 12.2. The molecule has 0 aromatic heterocycles. The first-order valence-electron chi connectivity index (χ1n) is 6.80. The topological polar surface area (TPSA) is 38.7 Å². The zero-order chi connectivity index (χ0) is 12.7. The standard InChI is InChI=1S/C13H26O3Si/c1-12(14,17(2,3)4)11-7-5-6-8-13(11)15-9-10-16-13/h11,14H,5-10H2,1-4H3/t11-,12-/m1/s1. The number of hydrogen-bond donors (Lipinski definition) is 1. The first-order valence-corrected chi connectivity index (χ1v) is 10.3. The summed E-state index contributed by atoms with van der Waals surface area (Å²) >= 11 is 0. The molecule has 3 nitrogen and oxygen atoms in total. The summed E-state index contributed by atoms with van der Waals surface area (Å²) in [5, 5.41) is 10.4. The van der Waals surface area contributed by atoms with Gasteiger partial charge in [-0.2, -0.15) is 0 Å². The van der Waals surface area contributed by atoms with Crippen LogP contribution < -0.4 is 0 Å². The van der Waals surface area contributed by atoms with Gasteiger partial charge in [-0.15, -0.1) is 0 Å². The lowest BCUT2D eigenvalue weighted by Gasteiger charge is -2.51. The van der Waals surface area contributed by atoms with Crippen molar-refractivity contribution in [3.05, 3.63) is 0 Å². The molecule has 2 aliphatic rings.